The van der Waals surface area contributed by atoms with Gasteiger partial charge in [0.05, 0.1) is 0 Å². The van der Waals surface area contributed by atoms with Gasteiger partial charge in [0.1, 0.15) is 5.82 Å². The fraction of sp³-hybridized carbons (Fsp3) is 0.333. The number of aromatic amines is 1. The molecule has 0 aliphatic carbocycles. The van der Waals surface area contributed by atoms with Crippen LogP contribution in [0.3, 0.4) is 0 Å². The SMILES string of the molecule is O=C(c1ccccc1)N1CCC(c2ncc[nH]2)CC1. The maximum Gasteiger partial charge on any atom is 0.253 e. The minimum absolute atomic E-state index is 0.137. The van der Waals surface area contributed by atoms with Crippen molar-refractivity contribution in [3.05, 3.63) is 54.1 Å². The predicted molar refractivity (Wildman–Crippen MR) is 72.9 cm³/mol. The van der Waals surface area contributed by atoms with Crippen molar-refractivity contribution in [1.29, 1.82) is 0 Å². The smallest absolute Gasteiger partial charge is 0.253 e. The van der Waals surface area contributed by atoms with Crippen LogP contribution in [0.1, 0.15) is 34.9 Å². The fourth-order valence-corrected chi connectivity index (χ4v) is 2.62. The number of benzene rings is 1. The molecule has 98 valence electrons. The zero-order chi connectivity index (χ0) is 13.1. The number of carbonyl (C=O) groups is 1. The fourth-order valence-electron chi connectivity index (χ4n) is 2.62. The quantitative estimate of drug-likeness (QED) is 0.896. The largest absolute Gasteiger partial charge is 0.348 e. The number of hydrogen-bond acceptors (Lipinski definition) is 2. The number of amides is 1. The standard InChI is InChI=1S/C15H17N3O/c19-15(13-4-2-1-3-5-13)18-10-6-12(7-11-18)14-16-8-9-17-14/h1-5,8-9,12H,6-7,10-11H2,(H,16,17). The Balaban J connectivity index is 1.63. The lowest BCUT2D eigenvalue weighted by Gasteiger charge is -2.31. The second-order valence-electron chi connectivity index (χ2n) is 4.91. The number of hydrogen-bond donors (Lipinski definition) is 1. The first-order chi connectivity index (χ1) is 9.34. The van der Waals surface area contributed by atoms with E-state index < -0.39 is 0 Å². The summed E-state index contributed by atoms with van der Waals surface area (Å²) >= 11 is 0. The molecule has 3 rings (SSSR count). The molecular formula is C15H17N3O. The third kappa shape index (κ3) is 2.52. The van der Waals surface area contributed by atoms with Crippen LogP contribution in [-0.4, -0.2) is 33.9 Å². The second kappa shape index (κ2) is 5.26. The van der Waals surface area contributed by atoms with Crippen molar-refractivity contribution in [2.75, 3.05) is 13.1 Å². The normalized spacial score (nSPS) is 16.5. The number of piperidine rings is 1. The van der Waals surface area contributed by atoms with Crippen LogP contribution in [0.4, 0.5) is 0 Å². The summed E-state index contributed by atoms with van der Waals surface area (Å²) in [6.07, 6.45) is 5.60. The highest BCUT2D eigenvalue weighted by Crippen LogP contribution is 2.26. The molecule has 1 aliphatic heterocycles. The summed E-state index contributed by atoms with van der Waals surface area (Å²) in [6.45, 7) is 1.61. The summed E-state index contributed by atoms with van der Waals surface area (Å²) in [6, 6.07) is 9.49. The van der Waals surface area contributed by atoms with Gasteiger partial charge in [-0.05, 0) is 25.0 Å². The molecular weight excluding hydrogens is 238 g/mol. The van der Waals surface area contributed by atoms with Crippen LogP contribution in [0, 0.1) is 0 Å². The number of aromatic nitrogens is 2. The molecule has 1 N–H and O–H groups in total. The van der Waals surface area contributed by atoms with Crippen LogP contribution >= 0.6 is 0 Å². The molecule has 0 unspecified atom stereocenters. The Kier molecular flexibility index (Phi) is 3.31. The molecule has 1 saturated heterocycles. The van der Waals surface area contributed by atoms with Crippen LogP contribution < -0.4 is 0 Å². The molecule has 2 aromatic rings. The summed E-state index contributed by atoms with van der Waals surface area (Å²) in [4.78, 5) is 21.7. The maximum absolute atomic E-state index is 12.3. The van der Waals surface area contributed by atoms with Gasteiger partial charge in [-0.2, -0.15) is 0 Å². The zero-order valence-electron chi connectivity index (χ0n) is 10.7. The molecule has 2 heterocycles. The number of likely N-dealkylation sites (tertiary alicyclic amines) is 1. The Bertz CT molecular complexity index is 528. The van der Waals surface area contributed by atoms with Crippen LogP contribution in [0.15, 0.2) is 42.7 Å². The van der Waals surface area contributed by atoms with Crippen molar-refractivity contribution < 1.29 is 4.79 Å². The molecule has 4 nitrogen and oxygen atoms in total. The molecule has 1 aromatic heterocycles. The first-order valence-electron chi connectivity index (χ1n) is 6.68. The first-order valence-corrected chi connectivity index (χ1v) is 6.68. The molecule has 0 atom stereocenters. The van der Waals surface area contributed by atoms with Gasteiger partial charge in [-0.15, -0.1) is 0 Å². The van der Waals surface area contributed by atoms with E-state index in [0.717, 1.165) is 37.3 Å². The van der Waals surface area contributed by atoms with Gasteiger partial charge in [0, 0.05) is 37.0 Å². The van der Waals surface area contributed by atoms with Gasteiger partial charge < -0.3 is 9.88 Å². The van der Waals surface area contributed by atoms with Crippen LogP contribution in [-0.2, 0) is 0 Å². The average Bonchev–Trinajstić information content (AvgIpc) is 3.02. The zero-order valence-corrected chi connectivity index (χ0v) is 10.7. The van der Waals surface area contributed by atoms with Gasteiger partial charge >= 0.3 is 0 Å². The van der Waals surface area contributed by atoms with Gasteiger partial charge in [-0.25, -0.2) is 4.98 Å². The van der Waals surface area contributed by atoms with Gasteiger partial charge in [-0.1, -0.05) is 18.2 Å². The van der Waals surface area contributed by atoms with Crippen molar-refractivity contribution in [2.24, 2.45) is 0 Å². The highest BCUT2D eigenvalue weighted by atomic mass is 16.2. The molecule has 0 spiro atoms. The van der Waals surface area contributed by atoms with E-state index in [1.165, 1.54) is 0 Å². The van der Waals surface area contributed by atoms with Crippen LogP contribution in [0.2, 0.25) is 0 Å². The molecule has 1 aromatic carbocycles. The van der Waals surface area contributed by atoms with Gasteiger partial charge in [0.25, 0.3) is 5.91 Å². The number of H-pyrrole nitrogens is 1. The van der Waals surface area contributed by atoms with Crippen molar-refractivity contribution in [1.82, 2.24) is 14.9 Å². The maximum atomic E-state index is 12.3. The average molecular weight is 255 g/mol. The number of nitrogens with one attached hydrogen (secondary N) is 1. The van der Waals surface area contributed by atoms with Crippen molar-refractivity contribution in [2.45, 2.75) is 18.8 Å². The molecule has 19 heavy (non-hydrogen) atoms. The van der Waals surface area contributed by atoms with E-state index in [0.29, 0.717) is 5.92 Å². The van der Waals surface area contributed by atoms with E-state index in [2.05, 4.69) is 9.97 Å². The highest BCUT2D eigenvalue weighted by Gasteiger charge is 2.25. The minimum Gasteiger partial charge on any atom is -0.348 e. The van der Waals surface area contributed by atoms with Crippen molar-refractivity contribution in [3.8, 4) is 0 Å². The van der Waals surface area contributed by atoms with E-state index in [9.17, 15) is 4.79 Å². The van der Waals surface area contributed by atoms with E-state index in [1.54, 1.807) is 6.20 Å². The predicted octanol–water partition coefficient (Wildman–Crippen LogP) is 2.43. The molecule has 1 aliphatic rings. The third-order valence-electron chi connectivity index (χ3n) is 3.71. The Labute approximate surface area is 112 Å². The second-order valence-corrected chi connectivity index (χ2v) is 4.91. The lowest BCUT2D eigenvalue weighted by Crippen LogP contribution is -2.38. The molecule has 0 saturated carbocycles. The van der Waals surface area contributed by atoms with Gasteiger partial charge in [0.15, 0.2) is 0 Å². The lowest BCUT2D eigenvalue weighted by atomic mass is 9.95. The Morgan fingerprint density at radius 3 is 2.58 bits per heavy atom. The van der Waals surface area contributed by atoms with Gasteiger partial charge in [0.2, 0.25) is 0 Å². The monoisotopic (exact) mass is 255 g/mol. The van der Waals surface area contributed by atoms with Crippen molar-refractivity contribution in [3.63, 3.8) is 0 Å². The van der Waals surface area contributed by atoms with E-state index >= 15 is 0 Å². The Hall–Kier alpha value is -2.10. The van der Waals surface area contributed by atoms with Crippen molar-refractivity contribution >= 4 is 5.91 Å². The van der Waals surface area contributed by atoms with Crippen LogP contribution in [0.5, 0.6) is 0 Å². The van der Waals surface area contributed by atoms with Gasteiger partial charge in [-0.3, -0.25) is 4.79 Å². The minimum atomic E-state index is 0.137. The number of carbonyl (C=O) groups excluding carboxylic acids is 1. The first kappa shape index (κ1) is 12.0. The Morgan fingerprint density at radius 1 is 1.21 bits per heavy atom. The summed E-state index contributed by atoms with van der Waals surface area (Å²) in [5, 5.41) is 0. The summed E-state index contributed by atoms with van der Waals surface area (Å²) < 4.78 is 0. The number of rotatable bonds is 2. The van der Waals surface area contributed by atoms with E-state index in [1.807, 2.05) is 41.4 Å². The third-order valence-corrected chi connectivity index (χ3v) is 3.71. The molecule has 4 heteroatoms. The summed E-state index contributed by atoms with van der Waals surface area (Å²) in [5.41, 5.74) is 0.777. The molecule has 0 radical (unpaired) electrons. The number of nitrogens with zero attached hydrogens (tertiary/aromatic N) is 2. The number of imidazole rings is 1. The molecule has 1 fully saturated rings. The topological polar surface area (TPSA) is 49.0 Å². The Morgan fingerprint density at radius 2 is 1.95 bits per heavy atom. The van der Waals surface area contributed by atoms with E-state index in [-0.39, 0.29) is 5.91 Å². The highest BCUT2D eigenvalue weighted by molar-refractivity contribution is 5.94. The van der Waals surface area contributed by atoms with Crippen LogP contribution in [0.25, 0.3) is 0 Å². The lowest BCUT2D eigenvalue weighted by molar-refractivity contribution is 0.0711. The summed E-state index contributed by atoms with van der Waals surface area (Å²) in [5.74, 6) is 1.64. The summed E-state index contributed by atoms with van der Waals surface area (Å²) in [7, 11) is 0. The van der Waals surface area contributed by atoms with E-state index in [4.69, 9.17) is 0 Å². The molecule has 0 bridgehead atoms. The molecule has 1 amide bonds.